The number of halogens is 3. The third kappa shape index (κ3) is 2.34. The number of rotatable bonds is 2. The summed E-state index contributed by atoms with van der Waals surface area (Å²) in [7, 11) is 0. The van der Waals surface area contributed by atoms with Gasteiger partial charge in [-0.1, -0.05) is 11.6 Å². The van der Waals surface area contributed by atoms with Gasteiger partial charge in [-0.25, -0.2) is 9.37 Å². The number of aromatic nitrogens is 1. The molecule has 0 radical (unpaired) electrons. The zero-order chi connectivity index (χ0) is 15.9. The minimum atomic E-state index is -0.608. The molecule has 0 amide bonds. The van der Waals surface area contributed by atoms with Gasteiger partial charge in [0.1, 0.15) is 23.3 Å². The molecule has 1 aliphatic rings. The number of nitrogens with zero attached hydrogens (tertiary/aromatic N) is 2. The van der Waals surface area contributed by atoms with Gasteiger partial charge in [-0.2, -0.15) is 0 Å². The number of allylic oxidation sites excluding steroid dienone is 1. The summed E-state index contributed by atoms with van der Waals surface area (Å²) in [6.45, 7) is 1.89. The van der Waals surface area contributed by atoms with E-state index in [1.54, 1.807) is 18.3 Å². The van der Waals surface area contributed by atoms with Gasteiger partial charge in [0.05, 0.1) is 0 Å². The topological polar surface area (TPSA) is 33.2 Å². The predicted molar refractivity (Wildman–Crippen MR) is 88.5 cm³/mol. The van der Waals surface area contributed by atoms with Gasteiger partial charge in [-0.15, -0.1) is 0 Å². The van der Waals surface area contributed by atoms with Crippen molar-refractivity contribution in [1.29, 1.82) is 0 Å². The monoisotopic (exact) mass is 380 g/mol. The van der Waals surface area contributed by atoms with E-state index in [1.807, 2.05) is 17.9 Å². The zero-order valence-electron chi connectivity index (χ0n) is 11.6. The summed E-state index contributed by atoms with van der Waals surface area (Å²) in [6.07, 6.45) is 2.42. The van der Waals surface area contributed by atoms with Crippen LogP contribution in [-0.4, -0.2) is 11.3 Å². The largest absolute Gasteiger partial charge is 0.330 e. The van der Waals surface area contributed by atoms with Crippen LogP contribution in [0, 0.1) is 5.82 Å². The van der Waals surface area contributed by atoms with Crippen molar-refractivity contribution in [3.8, 4) is 0 Å². The molecule has 22 heavy (non-hydrogen) atoms. The molecule has 0 spiro atoms. The fourth-order valence-electron chi connectivity index (χ4n) is 2.64. The minimum absolute atomic E-state index is 0.283. The van der Waals surface area contributed by atoms with E-state index in [9.17, 15) is 9.18 Å². The van der Waals surface area contributed by atoms with Gasteiger partial charge < -0.3 is 9.69 Å². The molecule has 2 aromatic rings. The fourth-order valence-corrected chi connectivity index (χ4v) is 3.45. The summed E-state index contributed by atoms with van der Waals surface area (Å²) >= 11 is 9.76. The minimum Gasteiger partial charge on any atom is -0.330 e. The van der Waals surface area contributed by atoms with Crippen LogP contribution < -0.4 is 4.90 Å². The van der Waals surface area contributed by atoms with Crippen molar-refractivity contribution in [3.63, 3.8) is 0 Å². The molecular weight excluding hydrogens is 371 g/mol. The van der Waals surface area contributed by atoms with Crippen molar-refractivity contribution in [1.82, 2.24) is 4.98 Å². The van der Waals surface area contributed by atoms with Crippen LogP contribution >= 0.6 is 27.5 Å². The van der Waals surface area contributed by atoms with Gasteiger partial charge >= 0.3 is 0 Å². The van der Waals surface area contributed by atoms with E-state index >= 15 is 0 Å². The Morgan fingerprint density at radius 1 is 1.32 bits per heavy atom. The lowest BCUT2D eigenvalue weighted by atomic mass is 9.96. The molecule has 0 fully saturated rings. The third-order valence-electron chi connectivity index (χ3n) is 3.66. The SMILES string of the molecule is CC1=C(Br)c2ccnc(Cl)c2C(C=O)N1c1ccc(F)cc1. The molecule has 0 bridgehead atoms. The zero-order valence-corrected chi connectivity index (χ0v) is 13.9. The van der Waals surface area contributed by atoms with Gasteiger partial charge in [-0.05, 0) is 53.2 Å². The Morgan fingerprint density at radius 3 is 2.64 bits per heavy atom. The number of benzene rings is 1. The van der Waals surface area contributed by atoms with Gasteiger partial charge in [-0.3, -0.25) is 0 Å². The van der Waals surface area contributed by atoms with Crippen LogP contribution in [-0.2, 0) is 4.79 Å². The van der Waals surface area contributed by atoms with Crippen LogP contribution in [0.2, 0.25) is 5.15 Å². The molecule has 0 saturated carbocycles. The van der Waals surface area contributed by atoms with Crippen molar-refractivity contribution in [2.24, 2.45) is 0 Å². The van der Waals surface area contributed by atoms with Crippen molar-refractivity contribution >= 4 is 44.0 Å². The number of carbonyl (C=O) groups is 1. The lowest BCUT2D eigenvalue weighted by Crippen LogP contribution is -2.32. The molecule has 0 N–H and O–H groups in total. The number of fused-ring (bicyclic) bond motifs is 1. The molecule has 1 aromatic heterocycles. The van der Waals surface area contributed by atoms with Crippen LogP contribution in [0.25, 0.3) is 4.48 Å². The van der Waals surface area contributed by atoms with Gasteiger partial charge in [0.25, 0.3) is 0 Å². The number of hydrogen-bond donors (Lipinski definition) is 0. The molecule has 1 unspecified atom stereocenters. The van der Waals surface area contributed by atoms with E-state index in [1.165, 1.54) is 12.1 Å². The van der Waals surface area contributed by atoms with E-state index in [4.69, 9.17) is 11.6 Å². The summed E-state index contributed by atoms with van der Waals surface area (Å²) in [5.74, 6) is -0.329. The number of hydrogen-bond acceptors (Lipinski definition) is 3. The number of carbonyl (C=O) groups excluding carboxylic acids is 1. The number of aldehydes is 1. The highest BCUT2D eigenvalue weighted by Crippen LogP contribution is 2.45. The van der Waals surface area contributed by atoms with Crippen LogP contribution in [0.3, 0.4) is 0 Å². The highest BCUT2D eigenvalue weighted by atomic mass is 79.9. The summed E-state index contributed by atoms with van der Waals surface area (Å²) in [4.78, 5) is 17.6. The fraction of sp³-hybridized carbons (Fsp3) is 0.125. The average Bonchev–Trinajstić information content (AvgIpc) is 2.52. The first-order valence-corrected chi connectivity index (χ1v) is 7.73. The summed E-state index contributed by atoms with van der Waals surface area (Å²) in [5, 5.41) is 0.283. The molecule has 6 heteroatoms. The summed E-state index contributed by atoms with van der Waals surface area (Å²) in [6, 6.07) is 7.18. The predicted octanol–water partition coefficient (Wildman–Crippen LogP) is 4.72. The summed E-state index contributed by atoms with van der Waals surface area (Å²) in [5.41, 5.74) is 3.03. The second-order valence-corrected chi connectivity index (χ2v) is 6.04. The van der Waals surface area contributed by atoms with Gasteiger partial charge in [0.15, 0.2) is 0 Å². The van der Waals surface area contributed by atoms with Crippen LogP contribution in [0.4, 0.5) is 10.1 Å². The lowest BCUT2D eigenvalue weighted by molar-refractivity contribution is -0.109. The highest BCUT2D eigenvalue weighted by molar-refractivity contribution is 9.15. The van der Waals surface area contributed by atoms with E-state index in [2.05, 4.69) is 20.9 Å². The maximum absolute atomic E-state index is 13.2. The molecule has 3 rings (SSSR count). The Bertz CT molecular complexity index is 776. The molecule has 1 atom stereocenters. The third-order valence-corrected chi connectivity index (χ3v) is 4.97. The lowest BCUT2D eigenvalue weighted by Gasteiger charge is -2.37. The Labute approximate surface area is 140 Å². The summed E-state index contributed by atoms with van der Waals surface area (Å²) < 4.78 is 14.0. The number of pyridine rings is 1. The molecule has 1 aromatic carbocycles. The molecular formula is C16H11BrClFN2O. The normalized spacial score (nSPS) is 17.5. The highest BCUT2D eigenvalue weighted by Gasteiger charge is 2.33. The maximum atomic E-state index is 13.2. The van der Waals surface area contributed by atoms with Gasteiger partial charge in [0.2, 0.25) is 0 Å². The van der Waals surface area contributed by atoms with Crippen LogP contribution in [0.1, 0.15) is 24.1 Å². The standard InChI is InChI=1S/C16H11BrClFN2O/c1-9-15(17)12-6-7-20-16(18)14(12)13(8-22)21(9)11-4-2-10(19)3-5-11/h2-8,13H,1H3. The molecule has 112 valence electrons. The van der Waals surface area contributed by atoms with E-state index in [0.717, 1.165) is 22.0 Å². The van der Waals surface area contributed by atoms with E-state index < -0.39 is 6.04 Å². The smallest absolute Gasteiger partial charge is 0.147 e. The Hall–Kier alpha value is -1.72. The van der Waals surface area contributed by atoms with Crippen molar-refractivity contribution in [2.45, 2.75) is 13.0 Å². The van der Waals surface area contributed by atoms with Crippen molar-refractivity contribution < 1.29 is 9.18 Å². The average molecular weight is 382 g/mol. The second-order valence-electron chi connectivity index (χ2n) is 4.89. The second kappa shape index (κ2) is 5.82. The van der Waals surface area contributed by atoms with E-state index in [0.29, 0.717) is 11.3 Å². The Morgan fingerprint density at radius 2 is 2.00 bits per heavy atom. The molecule has 1 aliphatic heterocycles. The van der Waals surface area contributed by atoms with E-state index in [-0.39, 0.29) is 11.0 Å². The molecule has 3 nitrogen and oxygen atoms in total. The molecule has 0 aliphatic carbocycles. The van der Waals surface area contributed by atoms with Crippen molar-refractivity contribution in [2.75, 3.05) is 4.90 Å². The molecule has 2 heterocycles. The number of anilines is 1. The Kier molecular flexibility index (Phi) is 4.02. The first-order valence-electron chi connectivity index (χ1n) is 6.56. The van der Waals surface area contributed by atoms with Crippen LogP contribution in [0.15, 0.2) is 42.2 Å². The maximum Gasteiger partial charge on any atom is 0.147 e. The van der Waals surface area contributed by atoms with Gasteiger partial charge in [0, 0.05) is 33.2 Å². The quantitative estimate of drug-likeness (QED) is 0.557. The van der Waals surface area contributed by atoms with Crippen molar-refractivity contribution in [3.05, 3.63) is 64.3 Å². The van der Waals surface area contributed by atoms with Crippen LogP contribution in [0.5, 0.6) is 0 Å². The first-order chi connectivity index (χ1) is 10.5. The first kappa shape index (κ1) is 15.2. The molecule has 0 saturated heterocycles. The Balaban J connectivity index is 2.24.